The minimum absolute atomic E-state index is 0.0386. The van der Waals surface area contributed by atoms with Gasteiger partial charge in [-0.05, 0) is 24.3 Å². The van der Waals surface area contributed by atoms with E-state index < -0.39 is 5.97 Å². The first-order valence-corrected chi connectivity index (χ1v) is 9.59. The number of rotatable bonds is 7. The van der Waals surface area contributed by atoms with Gasteiger partial charge in [-0.1, -0.05) is 17.8 Å². The molecule has 3 heterocycles. The summed E-state index contributed by atoms with van der Waals surface area (Å²) in [5, 5.41) is 18.1. The standard InChI is InChI=1S/C18H17N7O3S/c1-4-9-29-18-19-17-21-20-15-13(10-14(26)28-3)22-24(16(15)25(17)23-18)11-5-7-12(27-2)8-6-11/h4-8H,1,9-10H2,2-3H3. The number of ether oxygens (including phenoxy) is 2. The summed E-state index contributed by atoms with van der Waals surface area (Å²) in [6.45, 7) is 3.71. The van der Waals surface area contributed by atoms with Crippen molar-refractivity contribution in [2.24, 2.45) is 0 Å². The van der Waals surface area contributed by atoms with E-state index in [1.165, 1.54) is 18.9 Å². The summed E-state index contributed by atoms with van der Waals surface area (Å²) < 4.78 is 13.2. The van der Waals surface area contributed by atoms with Crippen LogP contribution in [0, 0.1) is 0 Å². The van der Waals surface area contributed by atoms with E-state index in [-0.39, 0.29) is 6.42 Å². The highest BCUT2D eigenvalue weighted by Crippen LogP contribution is 2.24. The average Bonchev–Trinajstić information content (AvgIpc) is 3.33. The van der Waals surface area contributed by atoms with E-state index in [2.05, 4.69) is 32.0 Å². The van der Waals surface area contributed by atoms with E-state index in [4.69, 9.17) is 9.47 Å². The second-order valence-electron chi connectivity index (χ2n) is 5.89. The van der Waals surface area contributed by atoms with Crippen LogP contribution < -0.4 is 4.74 Å². The number of hydrogen-bond donors (Lipinski definition) is 0. The van der Waals surface area contributed by atoms with Crippen molar-refractivity contribution >= 4 is 34.7 Å². The smallest absolute Gasteiger partial charge is 0.311 e. The Bertz CT molecular complexity index is 1200. The van der Waals surface area contributed by atoms with Gasteiger partial charge in [-0.15, -0.1) is 21.9 Å². The van der Waals surface area contributed by atoms with Gasteiger partial charge in [0.2, 0.25) is 5.16 Å². The molecule has 0 aliphatic rings. The molecule has 10 nitrogen and oxygen atoms in total. The molecule has 0 aliphatic heterocycles. The van der Waals surface area contributed by atoms with Crippen LogP contribution >= 0.6 is 11.8 Å². The molecular weight excluding hydrogens is 394 g/mol. The van der Waals surface area contributed by atoms with E-state index in [0.29, 0.717) is 39.3 Å². The summed E-state index contributed by atoms with van der Waals surface area (Å²) in [4.78, 5) is 16.2. The lowest BCUT2D eigenvalue weighted by atomic mass is 10.3. The molecule has 0 fully saturated rings. The van der Waals surface area contributed by atoms with Crippen molar-refractivity contribution in [3.05, 3.63) is 42.6 Å². The second-order valence-corrected chi connectivity index (χ2v) is 6.87. The molecule has 0 unspecified atom stereocenters. The fourth-order valence-electron chi connectivity index (χ4n) is 2.75. The maximum absolute atomic E-state index is 11.9. The van der Waals surface area contributed by atoms with Crippen molar-refractivity contribution in [3.63, 3.8) is 0 Å². The second kappa shape index (κ2) is 7.87. The van der Waals surface area contributed by atoms with Crippen molar-refractivity contribution in [1.29, 1.82) is 0 Å². The highest BCUT2D eigenvalue weighted by molar-refractivity contribution is 7.99. The number of methoxy groups -OCH3 is 2. The topological polar surface area (TPSA) is 109 Å². The van der Waals surface area contributed by atoms with Crippen LogP contribution in [0.3, 0.4) is 0 Å². The fourth-order valence-corrected chi connectivity index (χ4v) is 3.30. The van der Waals surface area contributed by atoms with Crippen LogP contribution in [0.4, 0.5) is 0 Å². The number of hydrogen-bond acceptors (Lipinski definition) is 9. The summed E-state index contributed by atoms with van der Waals surface area (Å²) in [6.07, 6.45) is 1.73. The Balaban J connectivity index is 1.94. The van der Waals surface area contributed by atoms with Crippen LogP contribution in [-0.2, 0) is 16.0 Å². The van der Waals surface area contributed by atoms with Gasteiger partial charge in [0.25, 0.3) is 5.78 Å². The van der Waals surface area contributed by atoms with Gasteiger partial charge < -0.3 is 9.47 Å². The van der Waals surface area contributed by atoms with Gasteiger partial charge in [0, 0.05) is 5.75 Å². The number of carbonyl (C=O) groups excluding carboxylic acids is 1. The molecule has 0 bridgehead atoms. The van der Waals surface area contributed by atoms with Crippen LogP contribution in [-0.4, -0.2) is 60.5 Å². The first-order chi connectivity index (χ1) is 14.1. The summed E-state index contributed by atoms with van der Waals surface area (Å²) in [6, 6.07) is 7.34. The zero-order chi connectivity index (χ0) is 20.4. The number of nitrogens with zero attached hydrogens (tertiary/aromatic N) is 7. The van der Waals surface area contributed by atoms with Crippen LogP contribution in [0.25, 0.3) is 22.6 Å². The Morgan fingerprint density at radius 1 is 1.21 bits per heavy atom. The van der Waals surface area contributed by atoms with Crippen LogP contribution in [0.5, 0.6) is 5.75 Å². The maximum atomic E-state index is 11.9. The molecule has 1 aromatic carbocycles. The van der Waals surface area contributed by atoms with Crippen molar-refractivity contribution in [3.8, 4) is 11.4 Å². The molecular formula is C18H17N7O3S. The number of fused-ring (bicyclic) bond motifs is 3. The molecule has 148 valence electrons. The van der Waals surface area contributed by atoms with E-state index in [0.717, 1.165) is 5.69 Å². The Hall–Kier alpha value is -3.47. The predicted octanol–water partition coefficient (Wildman–Crippen LogP) is 1.86. The minimum atomic E-state index is -0.422. The first kappa shape index (κ1) is 18.9. The fraction of sp³-hybridized carbons (Fsp3) is 0.222. The summed E-state index contributed by atoms with van der Waals surface area (Å²) in [5.74, 6) is 1.30. The Kier molecular flexibility index (Phi) is 5.12. The lowest BCUT2D eigenvalue weighted by Crippen LogP contribution is -2.06. The summed E-state index contributed by atoms with van der Waals surface area (Å²) in [5.41, 5.74) is 2.19. The van der Waals surface area contributed by atoms with Gasteiger partial charge in [-0.3, -0.25) is 4.79 Å². The van der Waals surface area contributed by atoms with Crippen LogP contribution in [0.15, 0.2) is 42.1 Å². The molecule has 0 saturated heterocycles. The van der Waals surface area contributed by atoms with Gasteiger partial charge in [0.15, 0.2) is 11.2 Å². The molecule has 0 aliphatic carbocycles. The summed E-state index contributed by atoms with van der Waals surface area (Å²) >= 11 is 1.43. The third-order valence-corrected chi connectivity index (χ3v) is 4.94. The minimum Gasteiger partial charge on any atom is -0.497 e. The number of carbonyl (C=O) groups is 1. The number of esters is 1. The molecule has 0 N–H and O–H groups in total. The molecule has 0 amide bonds. The van der Waals surface area contributed by atoms with Crippen LogP contribution in [0.2, 0.25) is 0 Å². The van der Waals surface area contributed by atoms with Gasteiger partial charge in [-0.25, -0.2) is 4.68 Å². The third kappa shape index (κ3) is 3.51. The zero-order valence-electron chi connectivity index (χ0n) is 15.8. The molecule has 11 heteroatoms. The number of benzene rings is 1. The normalized spacial score (nSPS) is 11.1. The molecule has 3 aromatic heterocycles. The predicted molar refractivity (Wildman–Crippen MR) is 106 cm³/mol. The zero-order valence-corrected chi connectivity index (χ0v) is 16.6. The van der Waals surface area contributed by atoms with Crippen molar-refractivity contribution in [2.75, 3.05) is 20.0 Å². The molecule has 0 radical (unpaired) electrons. The van der Waals surface area contributed by atoms with Gasteiger partial charge in [0.05, 0.1) is 26.3 Å². The SMILES string of the molecule is C=CCSc1nc2nnc3c(CC(=O)OC)nn(-c4ccc(OC)cc4)c3n2n1. The lowest BCUT2D eigenvalue weighted by Gasteiger charge is -2.05. The highest BCUT2D eigenvalue weighted by Gasteiger charge is 2.21. The van der Waals surface area contributed by atoms with Crippen molar-refractivity contribution in [1.82, 2.24) is 34.6 Å². The van der Waals surface area contributed by atoms with E-state index in [1.54, 1.807) is 22.4 Å². The number of thioether (sulfide) groups is 1. The molecule has 4 rings (SSSR count). The highest BCUT2D eigenvalue weighted by atomic mass is 32.2. The van der Waals surface area contributed by atoms with Gasteiger partial charge >= 0.3 is 5.97 Å². The quantitative estimate of drug-likeness (QED) is 0.256. The van der Waals surface area contributed by atoms with Crippen molar-refractivity contribution in [2.45, 2.75) is 11.6 Å². The molecule has 29 heavy (non-hydrogen) atoms. The van der Waals surface area contributed by atoms with Crippen molar-refractivity contribution < 1.29 is 14.3 Å². The molecule has 4 aromatic rings. The monoisotopic (exact) mass is 411 g/mol. The largest absolute Gasteiger partial charge is 0.497 e. The summed E-state index contributed by atoms with van der Waals surface area (Å²) in [7, 11) is 2.93. The van der Waals surface area contributed by atoms with E-state index >= 15 is 0 Å². The first-order valence-electron chi connectivity index (χ1n) is 8.60. The van der Waals surface area contributed by atoms with Gasteiger partial charge in [-0.2, -0.15) is 14.6 Å². The average molecular weight is 411 g/mol. The van der Waals surface area contributed by atoms with Gasteiger partial charge in [0.1, 0.15) is 11.4 Å². The molecule has 0 spiro atoms. The van der Waals surface area contributed by atoms with Crippen LogP contribution in [0.1, 0.15) is 5.69 Å². The molecule has 0 atom stereocenters. The number of aromatic nitrogens is 7. The lowest BCUT2D eigenvalue weighted by molar-refractivity contribution is -0.139. The third-order valence-electron chi connectivity index (χ3n) is 4.10. The Morgan fingerprint density at radius 3 is 2.69 bits per heavy atom. The van der Waals surface area contributed by atoms with E-state index in [9.17, 15) is 4.79 Å². The van der Waals surface area contributed by atoms with E-state index in [1.807, 2.05) is 24.3 Å². The maximum Gasteiger partial charge on any atom is 0.311 e. The Labute approximate surface area is 169 Å². The molecule has 0 saturated carbocycles. The Morgan fingerprint density at radius 2 is 2.00 bits per heavy atom.